The number of ether oxygens (including phenoxy) is 2. The summed E-state index contributed by atoms with van der Waals surface area (Å²) in [6.07, 6.45) is 0. The zero-order valence-electron chi connectivity index (χ0n) is 12.6. The second-order valence-corrected chi connectivity index (χ2v) is 7.41. The Hall–Kier alpha value is -2.26. The van der Waals surface area contributed by atoms with E-state index in [1.165, 1.54) is 25.7 Å². The van der Waals surface area contributed by atoms with Crippen molar-refractivity contribution in [1.29, 1.82) is 0 Å². The number of anilines is 1. The molecule has 1 aromatic heterocycles. The van der Waals surface area contributed by atoms with Gasteiger partial charge in [0.2, 0.25) is 0 Å². The molecule has 0 spiro atoms. The monoisotopic (exact) mass is 357 g/mol. The first-order valence-electron chi connectivity index (χ1n) is 6.35. The number of methoxy groups -OCH3 is 2. The maximum Gasteiger partial charge on any atom is 0.336 e. The number of rotatable bonds is 6. The van der Waals surface area contributed by atoms with Crippen molar-refractivity contribution >= 4 is 33.0 Å². The van der Waals surface area contributed by atoms with Gasteiger partial charge in [-0.3, -0.25) is 4.72 Å². The first-order valence-corrected chi connectivity index (χ1v) is 8.72. The van der Waals surface area contributed by atoms with Crippen molar-refractivity contribution in [2.45, 2.75) is 11.1 Å². The van der Waals surface area contributed by atoms with Crippen molar-refractivity contribution in [1.82, 2.24) is 0 Å². The summed E-state index contributed by atoms with van der Waals surface area (Å²) in [5, 5.41) is 10.2. The maximum atomic E-state index is 12.4. The number of aromatic carboxylic acids is 1. The molecule has 1 aromatic carbocycles. The molecule has 124 valence electrons. The summed E-state index contributed by atoms with van der Waals surface area (Å²) in [5.74, 6) is -0.310. The van der Waals surface area contributed by atoms with Crippen molar-refractivity contribution in [2.75, 3.05) is 18.9 Å². The average Bonchev–Trinajstić information content (AvgIpc) is 2.99. The number of nitrogens with one attached hydrogen (secondary N) is 1. The molecule has 0 aliphatic rings. The van der Waals surface area contributed by atoms with Crippen LogP contribution in [0.15, 0.2) is 27.8 Å². The summed E-state index contributed by atoms with van der Waals surface area (Å²) in [6.45, 7) is 1.72. The molecular weight excluding hydrogens is 342 g/mol. The van der Waals surface area contributed by atoms with Crippen LogP contribution >= 0.6 is 11.3 Å². The normalized spacial score (nSPS) is 11.1. The Kier molecular flexibility index (Phi) is 4.81. The molecule has 1 heterocycles. The molecule has 0 unspecified atom stereocenters. The Morgan fingerprint density at radius 1 is 1.17 bits per heavy atom. The van der Waals surface area contributed by atoms with E-state index in [0.717, 1.165) is 17.4 Å². The minimum atomic E-state index is -3.88. The number of thiophene rings is 1. The van der Waals surface area contributed by atoms with Gasteiger partial charge in [0.1, 0.15) is 4.21 Å². The Bertz CT molecular complexity index is 841. The van der Waals surface area contributed by atoms with E-state index in [0.29, 0.717) is 22.7 Å². The third kappa shape index (κ3) is 3.57. The van der Waals surface area contributed by atoms with Gasteiger partial charge in [-0.15, -0.1) is 11.3 Å². The lowest BCUT2D eigenvalue weighted by Crippen LogP contribution is -2.13. The van der Waals surface area contributed by atoms with Crippen LogP contribution in [-0.4, -0.2) is 33.7 Å². The molecule has 0 amide bonds. The van der Waals surface area contributed by atoms with Gasteiger partial charge in [0.05, 0.1) is 25.5 Å². The van der Waals surface area contributed by atoms with E-state index in [9.17, 15) is 13.2 Å². The van der Waals surface area contributed by atoms with Gasteiger partial charge in [-0.1, -0.05) is 0 Å². The van der Waals surface area contributed by atoms with E-state index >= 15 is 0 Å². The van der Waals surface area contributed by atoms with Gasteiger partial charge >= 0.3 is 5.97 Å². The highest BCUT2D eigenvalue weighted by Crippen LogP contribution is 2.34. The molecule has 0 aliphatic carbocycles. The molecule has 2 N–H and O–H groups in total. The predicted molar refractivity (Wildman–Crippen MR) is 86.4 cm³/mol. The number of carboxylic acid groups (broad SMARTS) is 1. The predicted octanol–water partition coefficient (Wildman–Crippen LogP) is 2.57. The summed E-state index contributed by atoms with van der Waals surface area (Å²) >= 11 is 0.840. The highest BCUT2D eigenvalue weighted by Gasteiger charge is 2.21. The lowest BCUT2D eigenvalue weighted by Gasteiger charge is -2.14. The number of aryl methyl sites for hydroxylation is 1. The van der Waals surface area contributed by atoms with Crippen LogP contribution in [0.2, 0.25) is 0 Å². The van der Waals surface area contributed by atoms with Crippen molar-refractivity contribution in [3.05, 3.63) is 34.7 Å². The number of sulfonamides is 1. The van der Waals surface area contributed by atoms with Crippen molar-refractivity contribution < 1.29 is 27.8 Å². The van der Waals surface area contributed by atoms with Crippen LogP contribution in [0.25, 0.3) is 0 Å². The SMILES string of the molecule is COc1cc(C)c(NS(=O)(=O)c2cc(C(=O)O)cs2)cc1OC. The van der Waals surface area contributed by atoms with Crippen LogP contribution in [-0.2, 0) is 10.0 Å². The van der Waals surface area contributed by atoms with E-state index in [1.807, 2.05) is 0 Å². The molecule has 0 saturated heterocycles. The molecule has 23 heavy (non-hydrogen) atoms. The first-order chi connectivity index (χ1) is 10.8. The van der Waals surface area contributed by atoms with Crippen LogP contribution in [0.3, 0.4) is 0 Å². The molecule has 0 aliphatic heterocycles. The van der Waals surface area contributed by atoms with E-state index in [2.05, 4.69) is 4.72 Å². The Morgan fingerprint density at radius 3 is 2.30 bits per heavy atom. The molecule has 0 atom stereocenters. The van der Waals surface area contributed by atoms with Crippen LogP contribution in [0, 0.1) is 6.92 Å². The van der Waals surface area contributed by atoms with Gasteiger partial charge in [-0.25, -0.2) is 13.2 Å². The fourth-order valence-corrected chi connectivity index (χ4v) is 4.13. The van der Waals surface area contributed by atoms with Gasteiger partial charge < -0.3 is 14.6 Å². The molecular formula is C14H15NO6S2. The lowest BCUT2D eigenvalue weighted by molar-refractivity contribution is 0.0697. The van der Waals surface area contributed by atoms with Crippen LogP contribution < -0.4 is 14.2 Å². The number of carbonyl (C=O) groups is 1. The van der Waals surface area contributed by atoms with Crippen molar-refractivity contribution in [2.24, 2.45) is 0 Å². The summed E-state index contributed by atoms with van der Waals surface area (Å²) < 4.78 is 37.4. The summed E-state index contributed by atoms with van der Waals surface area (Å²) in [6, 6.07) is 4.27. The van der Waals surface area contributed by atoms with E-state index in [1.54, 1.807) is 13.0 Å². The average molecular weight is 357 g/mol. The van der Waals surface area contributed by atoms with Gasteiger partial charge in [0.25, 0.3) is 10.0 Å². The molecule has 0 fully saturated rings. The smallest absolute Gasteiger partial charge is 0.336 e. The lowest BCUT2D eigenvalue weighted by atomic mass is 10.2. The van der Waals surface area contributed by atoms with Gasteiger partial charge in [-0.2, -0.15) is 0 Å². The molecule has 2 aromatic rings. The zero-order valence-corrected chi connectivity index (χ0v) is 14.2. The molecule has 2 rings (SSSR count). The Balaban J connectivity index is 2.38. The van der Waals surface area contributed by atoms with Crippen molar-refractivity contribution in [3.63, 3.8) is 0 Å². The van der Waals surface area contributed by atoms with E-state index < -0.39 is 16.0 Å². The number of hydrogen-bond donors (Lipinski definition) is 2. The largest absolute Gasteiger partial charge is 0.493 e. The van der Waals surface area contributed by atoms with Crippen LogP contribution in [0.4, 0.5) is 5.69 Å². The first kappa shape index (κ1) is 17.1. The quantitative estimate of drug-likeness (QED) is 0.824. The molecule has 0 radical (unpaired) electrons. The third-order valence-electron chi connectivity index (χ3n) is 3.06. The molecule has 0 bridgehead atoms. The highest BCUT2D eigenvalue weighted by molar-refractivity contribution is 7.94. The summed E-state index contributed by atoms with van der Waals surface area (Å²) in [4.78, 5) is 10.9. The molecule has 9 heteroatoms. The standard InChI is InChI=1S/C14H15NO6S2/c1-8-4-11(20-2)12(21-3)6-10(8)15-23(18,19)13-5-9(7-22-13)14(16)17/h4-7,15H,1-3H3,(H,16,17). The van der Waals surface area contributed by atoms with Crippen LogP contribution in [0.5, 0.6) is 11.5 Å². The zero-order chi connectivity index (χ0) is 17.2. The number of hydrogen-bond acceptors (Lipinski definition) is 6. The van der Waals surface area contributed by atoms with Gasteiger partial charge in [0, 0.05) is 11.4 Å². The second-order valence-electron chi connectivity index (χ2n) is 4.59. The minimum absolute atomic E-state index is 0.0700. The van der Waals surface area contributed by atoms with E-state index in [4.69, 9.17) is 14.6 Å². The Labute approximate surface area is 137 Å². The van der Waals surface area contributed by atoms with Crippen molar-refractivity contribution in [3.8, 4) is 11.5 Å². The van der Waals surface area contributed by atoms with Gasteiger partial charge in [0.15, 0.2) is 11.5 Å². The second kappa shape index (κ2) is 6.47. The highest BCUT2D eigenvalue weighted by atomic mass is 32.2. The Morgan fingerprint density at radius 2 is 1.78 bits per heavy atom. The topological polar surface area (TPSA) is 102 Å². The number of carboxylic acids is 1. The van der Waals surface area contributed by atoms with E-state index in [-0.39, 0.29) is 9.77 Å². The minimum Gasteiger partial charge on any atom is -0.493 e. The van der Waals surface area contributed by atoms with Gasteiger partial charge in [-0.05, 0) is 24.6 Å². The maximum absolute atomic E-state index is 12.4. The molecule has 7 nitrogen and oxygen atoms in total. The fraction of sp³-hybridized carbons (Fsp3) is 0.214. The van der Waals surface area contributed by atoms with Crippen LogP contribution in [0.1, 0.15) is 15.9 Å². The fourth-order valence-electron chi connectivity index (χ4n) is 1.86. The number of benzene rings is 1. The molecule has 0 saturated carbocycles. The third-order valence-corrected chi connectivity index (χ3v) is 5.87. The summed E-state index contributed by atoms with van der Waals surface area (Å²) in [7, 11) is -0.950. The summed E-state index contributed by atoms with van der Waals surface area (Å²) in [5.41, 5.74) is 0.897.